The summed E-state index contributed by atoms with van der Waals surface area (Å²) in [7, 11) is 2.13. The van der Waals surface area contributed by atoms with E-state index in [1.165, 1.54) is 44.1 Å². The normalized spacial score (nSPS) is 12.1. The minimum Gasteiger partial charge on any atom is -0.455 e. The molecule has 2 aromatic heterocycles. The molecule has 0 bridgehead atoms. The van der Waals surface area contributed by atoms with E-state index in [1.54, 1.807) is 0 Å². The van der Waals surface area contributed by atoms with E-state index in [-0.39, 0.29) is 0 Å². The second-order valence-electron chi connectivity index (χ2n) is 8.96. The van der Waals surface area contributed by atoms with Crippen LogP contribution in [-0.4, -0.2) is 4.57 Å². The van der Waals surface area contributed by atoms with Crippen LogP contribution in [0, 0.1) is 13.8 Å². The molecule has 158 valence electrons. The molecule has 0 saturated heterocycles. The summed E-state index contributed by atoms with van der Waals surface area (Å²) in [4.78, 5) is 0. The number of imidazole rings is 1. The first-order valence-corrected chi connectivity index (χ1v) is 11.4. The van der Waals surface area contributed by atoms with Crippen LogP contribution < -0.4 is 4.57 Å². The van der Waals surface area contributed by atoms with E-state index in [9.17, 15) is 0 Å². The van der Waals surface area contributed by atoms with Gasteiger partial charge in [-0.2, -0.15) is 4.57 Å². The predicted molar refractivity (Wildman–Crippen MR) is 136 cm³/mol. The molecule has 5 aromatic carbocycles. The molecule has 0 aliphatic carbocycles. The number of nitrogens with zero attached hydrogens (tertiary/aromatic N) is 2. The van der Waals surface area contributed by atoms with Crippen LogP contribution in [0.4, 0.5) is 0 Å². The summed E-state index contributed by atoms with van der Waals surface area (Å²) in [5.41, 5.74) is 6.72. The molecule has 7 rings (SSSR count). The maximum absolute atomic E-state index is 6.59. The third kappa shape index (κ3) is 2.37. The highest BCUT2D eigenvalue weighted by atomic mass is 16.3. The Hall–Kier alpha value is -4.11. The summed E-state index contributed by atoms with van der Waals surface area (Å²) >= 11 is 0. The molecule has 33 heavy (non-hydrogen) atoms. The van der Waals surface area contributed by atoms with Crippen molar-refractivity contribution in [1.82, 2.24) is 4.57 Å². The van der Waals surface area contributed by atoms with Gasteiger partial charge in [0.15, 0.2) is 11.0 Å². The molecule has 0 aliphatic rings. The molecule has 3 heteroatoms. The van der Waals surface area contributed by atoms with E-state index in [2.05, 4.69) is 115 Å². The molecule has 0 unspecified atom stereocenters. The van der Waals surface area contributed by atoms with E-state index in [0.29, 0.717) is 0 Å². The average Bonchev–Trinajstić information content (AvgIpc) is 3.34. The van der Waals surface area contributed by atoms with Crippen molar-refractivity contribution in [2.24, 2.45) is 7.05 Å². The van der Waals surface area contributed by atoms with Crippen LogP contribution in [0.3, 0.4) is 0 Å². The third-order valence-corrected chi connectivity index (χ3v) is 7.21. The summed E-state index contributed by atoms with van der Waals surface area (Å²) in [6.45, 7) is 4.35. The number of hydrogen-bond acceptors (Lipinski definition) is 1. The number of rotatable bonds is 1. The Morgan fingerprint density at radius 1 is 0.697 bits per heavy atom. The number of fused-ring (bicyclic) bond motifs is 9. The van der Waals surface area contributed by atoms with Gasteiger partial charge >= 0.3 is 0 Å². The van der Waals surface area contributed by atoms with Gasteiger partial charge in [-0.15, -0.1) is 0 Å². The molecule has 2 heterocycles. The van der Waals surface area contributed by atoms with E-state index >= 15 is 0 Å². The van der Waals surface area contributed by atoms with Crippen LogP contribution in [0.2, 0.25) is 0 Å². The highest BCUT2D eigenvalue weighted by Crippen LogP contribution is 2.41. The fourth-order valence-electron chi connectivity index (χ4n) is 5.49. The molecule has 0 aliphatic heterocycles. The van der Waals surface area contributed by atoms with Gasteiger partial charge in [0.2, 0.25) is 0 Å². The number of furan rings is 1. The van der Waals surface area contributed by atoms with Gasteiger partial charge in [-0.05, 0) is 34.7 Å². The van der Waals surface area contributed by atoms with Crippen molar-refractivity contribution >= 4 is 54.5 Å². The van der Waals surface area contributed by atoms with Gasteiger partial charge in [0.05, 0.1) is 7.05 Å². The van der Waals surface area contributed by atoms with Gasteiger partial charge in [0, 0.05) is 35.2 Å². The molecular formula is C30H23N2O+. The summed E-state index contributed by atoms with van der Waals surface area (Å²) in [6.07, 6.45) is 0. The summed E-state index contributed by atoms with van der Waals surface area (Å²) in [5, 5.41) is 7.25. The fraction of sp³-hybridized carbons (Fsp3) is 0.100. The van der Waals surface area contributed by atoms with Crippen LogP contribution in [0.15, 0.2) is 89.3 Å². The van der Waals surface area contributed by atoms with Crippen molar-refractivity contribution in [3.8, 4) is 5.69 Å². The van der Waals surface area contributed by atoms with Gasteiger partial charge in [-0.25, -0.2) is 4.57 Å². The highest BCUT2D eigenvalue weighted by Gasteiger charge is 2.25. The predicted octanol–water partition coefficient (Wildman–Crippen LogP) is 7.28. The van der Waals surface area contributed by atoms with E-state index in [0.717, 1.165) is 27.5 Å². The maximum Gasteiger partial charge on any atom is 0.259 e. The standard InChI is InChI=1S/C30H23N2O/c1-18-10-4-9-15-25(18)32-19(2)31(3)26-17-28-24(16-27(26)32)29-22-13-7-5-11-20(22)21-12-6-8-14-23(21)30(29)33-28/h4-17H,1-3H3/q+1. The molecule has 0 spiro atoms. The van der Waals surface area contributed by atoms with Gasteiger partial charge in [0.1, 0.15) is 16.9 Å². The first-order valence-electron chi connectivity index (χ1n) is 11.4. The van der Waals surface area contributed by atoms with Crippen LogP contribution in [0.1, 0.15) is 11.4 Å². The lowest BCUT2D eigenvalue weighted by Gasteiger charge is -2.06. The van der Waals surface area contributed by atoms with Gasteiger partial charge in [0.25, 0.3) is 5.82 Å². The van der Waals surface area contributed by atoms with Crippen molar-refractivity contribution in [3.05, 3.63) is 96.3 Å². The molecule has 0 saturated carbocycles. The quantitative estimate of drug-likeness (QED) is 0.199. The Kier molecular flexibility index (Phi) is 3.61. The lowest BCUT2D eigenvalue weighted by Crippen LogP contribution is -2.30. The van der Waals surface area contributed by atoms with Crippen LogP contribution in [0.5, 0.6) is 0 Å². The Morgan fingerprint density at radius 2 is 1.33 bits per heavy atom. The number of para-hydroxylation sites is 1. The van der Waals surface area contributed by atoms with Gasteiger partial charge in [-0.3, -0.25) is 0 Å². The van der Waals surface area contributed by atoms with Crippen LogP contribution in [0.25, 0.3) is 60.2 Å². The first kappa shape index (κ1) is 18.5. The maximum atomic E-state index is 6.59. The summed E-state index contributed by atoms with van der Waals surface area (Å²) in [5.74, 6) is 1.19. The lowest BCUT2D eigenvalue weighted by molar-refractivity contribution is -0.652. The fourth-order valence-corrected chi connectivity index (χ4v) is 5.49. The monoisotopic (exact) mass is 427 g/mol. The molecule has 3 nitrogen and oxygen atoms in total. The van der Waals surface area contributed by atoms with E-state index in [4.69, 9.17) is 4.42 Å². The summed E-state index contributed by atoms with van der Waals surface area (Å²) in [6, 6.07) is 30.3. The molecule has 0 N–H and O–H groups in total. The average molecular weight is 428 g/mol. The van der Waals surface area contributed by atoms with Crippen molar-refractivity contribution in [1.29, 1.82) is 0 Å². The largest absolute Gasteiger partial charge is 0.455 e. The van der Waals surface area contributed by atoms with E-state index < -0.39 is 0 Å². The first-order chi connectivity index (χ1) is 16.1. The Morgan fingerprint density at radius 3 is 2.09 bits per heavy atom. The Bertz CT molecular complexity index is 1900. The van der Waals surface area contributed by atoms with Crippen LogP contribution >= 0.6 is 0 Å². The van der Waals surface area contributed by atoms with Crippen molar-refractivity contribution < 1.29 is 8.98 Å². The molecule has 0 fully saturated rings. The highest BCUT2D eigenvalue weighted by molar-refractivity contribution is 6.30. The minimum absolute atomic E-state index is 0.927. The Labute approximate surface area is 191 Å². The second kappa shape index (κ2) is 6.46. The smallest absolute Gasteiger partial charge is 0.259 e. The Balaban J connectivity index is 1.72. The number of aryl methyl sites for hydroxylation is 2. The van der Waals surface area contributed by atoms with Crippen molar-refractivity contribution in [3.63, 3.8) is 0 Å². The zero-order chi connectivity index (χ0) is 22.3. The molecule has 0 atom stereocenters. The van der Waals surface area contributed by atoms with Crippen LogP contribution in [-0.2, 0) is 7.05 Å². The topological polar surface area (TPSA) is 21.9 Å². The van der Waals surface area contributed by atoms with Gasteiger partial charge < -0.3 is 4.42 Å². The van der Waals surface area contributed by atoms with Crippen molar-refractivity contribution in [2.75, 3.05) is 0 Å². The molecule has 0 amide bonds. The number of hydrogen-bond donors (Lipinski definition) is 0. The molecule has 7 aromatic rings. The van der Waals surface area contributed by atoms with E-state index in [1.807, 2.05) is 0 Å². The zero-order valence-corrected chi connectivity index (χ0v) is 18.9. The lowest BCUT2D eigenvalue weighted by atomic mass is 9.97. The third-order valence-electron chi connectivity index (χ3n) is 7.21. The minimum atomic E-state index is 0.927. The molecular weight excluding hydrogens is 404 g/mol. The molecule has 0 radical (unpaired) electrons. The summed E-state index contributed by atoms with van der Waals surface area (Å²) < 4.78 is 11.2. The zero-order valence-electron chi connectivity index (χ0n) is 18.9. The SMILES string of the molecule is Cc1ccccc1-n1c(C)[n+](C)c2cc3oc4c5ccccc5c5ccccc5c4c3cc21. The number of benzene rings is 5. The van der Waals surface area contributed by atoms with Gasteiger partial charge in [-0.1, -0.05) is 66.7 Å². The second-order valence-corrected chi connectivity index (χ2v) is 8.96. The number of aromatic nitrogens is 2. The van der Waals surface area contributed by atoms with Crippen molar-refractivity contribution in [2.45, 2.75) is 13.8 Å².